The Morgan fingerprint density at radius 3 is 1.57 bits per heavy atom. The molecular formula is C14H20. The molecule has 0 unspecified atom stereocenters. The van der Waals surface area contributed by atoms with Gasteiger partial charge >= 0.3 is 0 Å². The second kappa shape index (κ2) is 9.69. The molecule has 0 spiro atoms. The third-order valence-electron chi connectivity index (χ3n) is 1.47. The number of terminal acetylenes is 2. The van der Waals surface area contributed by atoms with Gasteiger partial charge in [0.25, 0.3) is 0 Å². The van der Waals surface area contributed by atoms with Crippen molar-refractivity contribution in [2.45, 2.75) is 34.6 Å². The van der Waals surface area contributed by atoms with Gasteiger partial charge in [0.05, 0.1) is 0 Å². The Kier molecular flexibility index (Phi) is 10.4. The van der Waals surface area contributed by atoms with Gasteiger partial charge in [-0.1, -0.05) is 37.8 Å². The van der Waals surface area contributed by atoms with Crippen LogP contribution >= 0.6 is 0 Å². The van der Waals surface area contributed by atoms with Crippen LogP contribution in [0.4, 0.5) is 0 Å². The summed E-state index contributed by atoms with van der Waals surface area (Å²) in [6, 6.07) is 0. The normalized spacial score (nSPS) is 11.1. The SMILES string of the molecule is C#CC(C)=CC.C#CC(C)=CC(C)C. The molecule has 0 nitrogen and oxygen atoms in total. The fourth-order valence-electron chi connectivity index (χ4n) is 0.631. The van der Waals surface area contributed by atoms with E-state index >= 15 is 0 Å². The summed E-state index contributed by atoms with van der Waals surface area (Å²) in [6.07, 6.45) is 14.0. The van der Waals surface area contributed by atoms with E-state index in [4.69, 9.17) is 12.8 Å². The van der Waals surface area contributed by atoms with Gasteiger partial charge in [0.15, 0.2) is 0 Å². The van der Waals surface area contributed by atoms with Gasteiger partial charge in [-0.05, 0) is 37.8 Å². The summed E-state index contributed by atoms with van der Waals surface area (Å²) in [7, 11) is 0. The molecule has 0 aliphatic rings. The van der Waals surface area contributed by atoms with E-state index in [1.807, 2.05) is 26.8 Å². The largest absolute Gasteiger partial charge is 0.115 e. The van der Waals surface area contributed by atoms with Gasteiger partial charge < -0.3 is 0 Å². The molecule has 0 aliphatic heterocycles. The Balaban J connectivity index is 0. The van der Waals surface area contributed by atoms with E-state index in [0.29, 0.717) is 5.92 Å². The third-order valence-corrected chi connectivity index (χ3v) is 1.47. The maximum Gasteiger partial charge on any atom is -0.00507 e. The van der Waals surface area contributed by atoms with Crippen molar-refractivity contribution in [2.75, 3.05) is 0 Å². The minimum Gasteiger partial charge on any atom is -0.115 e. The lowest BCUT2D eigenvalue weighted by Crippen LogP contribution is -1.79. The van der Waals surface area contributed by atoms with Crippen LogP contribution in [0.25, 0.3) is 0 Å². The highest BCUT2D eigenvalue weighted by molar-refractivity contribution is 5.22. The molecule has 0 heteroatoms. The second-order valence-corrected chi connectivity index (χ2v) is 3.35. The standard InChI is InChI=1S/C8H12.C6H8/c1-5-8(4)6-7(2)3;1-4-6(3)5-2/h1,6-7H,2-4H3;1,5H,2-3H3. The topological polar surface area (TPSA) is 0 Å². The van der Waals surface area contributed by atoms with Gasteiger partial charge in [0, 0.05) is 0 Å². The van der Waals surface area contributed by atoms with E-state index in [0.717, 1.165) is 11.1 Å². The van der Waals surface area contributed by atoms with Crippen LogP contribution in [0.2, 0.25) is 0 Å². The smallest absolute Gasteiger partial charge is 0.00507 e. The number of allylic oxidation sites excluding steroid dienone is 4. The fourth-order valence-corrected chi connectivity index (χ4v) is 0.631. The van der Waals surface area contributed by atoms with Crippen molar-refractivity contribution in [1.29, 1.82) is 0 Å². The van der Waals surface area contributed by atoms with Crippen LogP contribution in [-0.2, 0) is 0 Å². The molecule has 0 aromatic rings. The monoisotopic (exact) mass is 188 g/mol. The van der Waals surface area contributed by atoms with E-state index in [-0.39, 0.29) is 0 Å². The first-order valence-electron chi connectivity index (χ1n) is 4.72. The predicted molar refractivity (Wildman–Crippen MR) is 65.7 cm³/mol. The first-order chi connectivity index (χ1) is 6.47. The maximum absolute atomic E-state index is 5.10. The molecule has 14 heavy (non-hydrogen) atoms. The van der Waals surface area contributed by atoms with E-state index in [2.05, 4.69) is 31.8 Å². The van der Waals surface area contributed by atoms with E-state index < -0.39 is 0 Å². The molecule has 0 aromatic heterocycles. The quantitative estimate of drug-likeness (QED) is 0.549. The van der Waals surface area contributed by atoms with Gasteiger partial charge in [-0.2, -0.15) is 0 Å². The zero-order valence-corrected chi connectivity index (χ0v) is 9.89. The van der Waals surface area contributed by atoms with Crippen molar-refractivity contribution in [2.24, 2.45) is 5.92 Å². The van der Waals surface area contributed by atoms with Gasteiger partial charge in [-0.25, -0.2) is 0 Å². The first kappa shape index (κ1) is 15.1. The summed E-state index contributed by atoms with van der Waals surface area (Å²) in [5.41, 5.74) is 2.02. The van der Waals surface area contributed by atoms with Crippen molar-refractivity contribution >= 4 is 0 Å². The molecule has 0 aliphatic carbocycles. The maximum atomic E-state index is 5.10. The Bertz CT molecular complexity index is 274. The van der Waals surface area contributed by atoms with Crippen molar-refractivity contribution < 1.29 is 0 Å². The molecule has 0 N–H and O–H groups in total. The number of hydrogen-bond donors (Lipinski definition) is 0. The molecule has 0 rings (SSSR count). The summed E-state index contributed by atoms with van der Waals surface area (Å²) in [6.45, 7) is 10.00. The summed E-state index contributed by atoms with van der Waals surface area (Å²) >= 11 is 0. The lowest BCUT2D eigenvalue weighted by Gasteiger charge is -1.92. The Labute approximate surface area is 89.1 Å². The molecule has 0 radical (unpaired) electrons. The van der Waals surface area contributed by atoms with Crippen LogP contribution in [0, 0.1) is 30.6 Å². The third kappa shape index (κ3) is 13.2. The Morgan fingerprint density at radius 2 is 1.50 bits per heavy atom. The van der Waals surface area contributed by atoms with Crippen LogP contribution < -0.4 is 0 Å². The molecule has 0 fully saturated rings. The predicted octanol–water partition coefficient (Wildman–Crippen LogP) is 3.81. The lowest BCUT2D eigenvalue weighted by atomic mass is 10.1. The summed E-state index contributed by atoms with van der Waals surface area (Å²) in [5, 5.41) is 0. The molecule has 0 saturated carbocycles. The molecule has 0 amide bonds. The number of rotatable bonds is 1. The van der Waals surface area contributed by atoms with Crippen molar-refractivity contribution in [3.05, 3.63) is 23.3 Å². The van der Waals surface area contributed by atoms with Crippen molar-refractivity contribution in [3.8, 4) is 24.7 Å². The average molecular weight is 188 g/mol. The van der Waals surface area contributed by atoms with Crippen molar-refractivity contribution in [3.63, 3.8) is 0 Å². The minimum atomic E-state index is 0.575. The van der Waals surface area contributed by atoms with Crippen LogP contribution in [0.15, 0.2) is 23.3 Å². The molecule has 76 valence electrons. The van der Waals surface area contributed by atoms with Crippen molar-refractivity contribution in [1.82, 2.24) is 0 Å². The van der Waals surface area contributed by atoms with Crippen LogP contribution in [0.5, 0.6) is 0 Å². The minimum absolute atomic E-state index is 0.575. The van der Waals surface area contributed by atoms with Crippen LogP contribution in [0.3, 0.4) is 0 Å². The lowest BCUT2D eigenvalue weighted by molar-refractivity contribution is 0.826. The highest BCUT2D eigenvalue weighted by atomic mass is 13.9. The molecule has 0 atom stereocenters. The first-order valence-corrected chi connectivity index (χ1v) is 4.72. The van der Waals surface area contributed by atoms with E-state index in [9.17, 15) is 0 Å². The molecule has 0 bridgehead atoms. The number of hydrogen-bond acceptors (Lipinski definition) is 0. The molecule has 0 heterocycles. The zero-order valence-electron chi connectivity index (χ0n) is 9.89. The zero-order chi connectivity index (χ0) is 11.6. The average Bonchev–Trinajstić information content (AvgIpc) is 2.16. The fraction of sp³-hybridized carbons (Fsp3) is 0.429. The highest BCUT2D eigenvalue weighted by Gasteiger charge is 1.84. The summed E-state index contributed by atoms with van der Waals surface area (Å²) < 4.78 is 0. The summed E-state index contributed by atoms with van der Waals surface area (Å²) in [4.78, 5) is 0. The van der Waals surface area contributed by atoms with Crippen LogP contribution in [-0.4, -0.2) is 0 Å². The molecule has 0 aromatic carbocycles. The van der Waals surface area contributed by atoms with Gasteiger partial charge in [0.2, 0.25) is 0 Å². The molecule has 0 saturated heterocycles. The van der Waals surface area contributed by atoms with E-state index in [1.54, 1.807) is 0 Å². The second-order valence-electron chi connectivity index (χ2n) is 3.35. The van der Waals surface area contributed by atoms with Gasteiger partial charge in [-0.15, -0.1) is 12.8 Å². The van der Waals surface area contributed by atoms with E-state index in [1.165, 1.54) is 0 Å². The Hall–Kier alpha value is -1.40. The van der Waals surface area contributed by atoms with Gasteiger partial charge in [0.1, 0.15) is 0 Å². The molecular weight excluding hydrogens is 168 g/mol. The van der Waals surface area contributed by atoms with Gasteiger partial charge in [-0.3, -0.25) is 0 Å². The highest BCUT2D eigenvalue weighted by Crippen LogP contribution is 1.98. The van der Waals surface area contributed by atoms with Crippen LogP contribution in [0.1, 0.15) is 34.6 Å². The summed E-state index contributed by atoms with van der Waals surface area (Å²) in [5.74, 6) is 5.61. The Morgan fingerprint density at radius 1 is 1.07 bits per heavy atom.